The molecule has 2 aliphatic heterocycles. The number of hydrogen-bond acceptors (Lipinski definition) is 6. The molecule has 2 fully saturated rings. The fraction of sp³-hybridized carbons (Fsp3) is 0.500. The molecule has 0 saturated carbocycles. The number of nitrogens with zero attached hydrogens (tertiary/aromatic N) is 4. The van der Waals surface area contributed by atoms with E-state index in [9.17, 15) is 8.42 Å². The summed E-state index contributed by atoms with van der Waals surface area (Å²) < 4.78 is 24.0. The first kappa shape index (κ1) is 18.2. The number of rotatable bonds is 5. The average molecular weight is 387 g/mol. The van der Waals surface area contributed by atoms with Crippen molar-refractivity contribution in [2.45, 2.75) is 32.2 Å². The van der Waals surface area contributed by atoms with Gasteiger partial charge in [-0.05, 0) is 26.2 Å². The van der Waals surface area contributed by atoms with Gasteiger partial charge in [0.1, 0.15) is 11.6 Å². The molecule has 3 heterocycles. The summed E-state index contributed by atoms with van der Waals surface area (Å²) in [5.74, 6) is 2.95. The predicted molar refractivity (Wildman–Crippen MR) is 109 cm³/mol. The van der Waals surface area contributed by atoms with Crippen molar-refractivity contribution >= 4 is 21.5 Å². The van der Waals surface area contributed by atoms with Crippen molar-refractivity contribution in [2.24, 2.45) is 0 Å². The lowest BCUT2D eigenvalue weighted by Crippen LogP contribution is -2.37. The van der Waals surface area contributed by atoms with E-state index in [0.29, 0.717) is 12.2 Å². The van der Waals surface area contributed by atoms with Crippen molar-refractivity contribution in [3.05, 3.63) is 36.4 Å². The Bertz CT molecular complexity index is 895. The van der Waals surface area contributed by atoms with E-state index in [1.165, 1.54) is 12.8 Å². The van der Waals surface area contributed by atoms with Crippen LogP contribution in [-0.4, -0.2) is 55.6 Å². The Morgan fingerprint density at radius 1 is 1.15 bits per heavy atom. The van der Waals surface area contributed by atoms with Crippen molar-refractivity contribution in [1.29, 1.82) is 0 Å². The highest BCUT2D eigenvalue weighted by molar-refractivity contribution is 7.91. The van der Waals surface area contributed by atoms with Crippen molar-refractivity contribution < 1.29 is 8.42 Å². The van der Waals surface area contributed by atoms with Crippen molar-refractivity contribution in [3.63, 3.8) is 0 Å². The number of sulfone groups is 1. The molecule has 2 aliphatic rings. The monoisotopic (exact) mass is 386 g/mol. The number of hydrogen-bond donors (Lipinski definition) is 0. The molecule has 1 atom stereocenters. The molecule has 2 aromatic rings. The van der Waals surface area contributed by atoms with Crippen LogP contribution in [-0.2, 0) is 9.84 Å². The fourth-order valence-corrected chi connectivity index (χ4v) is 5.75. The standard InChI is InChI=1S/C20H26N4O2S/c1-2-24(17-10-13-27(25,26)15-17)19-14-18(23-11-6-7-12-23)21-20(22-19)16-8-4-3-5-9-16/h3-5,8-9,14,17H,2,6-7,10-13,15H2,1H3. The van der Waals surface area contributed by atoms with Gasteiger partial charge in [-0.15, -0.1) is 0 Å². The Hall–Kier alpha value is -2.15. The molecule has 0 spiro atoms. The zero-order valence-electron chi connectivity index (χ0n) is 15.7. The first-order valence-corrected chi connectivity index (χ1v) is 11.5. The van der Waals surface area contributed by atoms with Crippen LogP contribution in [0.5, 0.6) is 0 Å². The highest BCUT2D eigenvalue weighted by Crippen LogP contribution is 2.29. The van der Waals surface area contributed by atoms with Crippen LogP contribution >= 0.6 is 0 Å². The molecule has 7 heteroatoms. The second-order valence-electron chi connectivity index (χ2n) is 7.31. The Kier molecular flexibility index (Phi) is 5.04. The van der Waals surface area contributed by atoms with E-state index in [4.69, 9.17) is 9.97 Å². The van der Waals surface area contributed by atoms with Crippen LogP contribution in [0, 0.1) is 0 Å². The van der Waals surface area contributed by atoms with Crippen LogP contribution in [0.25, 0.3) is 11.4 Å². The van der Waals surface area contributed by atoms with Gasteiger partial charge in [0, 0.05) is 37.3 Å². The maximum Gasteiger partial charge on any atom is 0.163 e. The quantitative estimate of drug-likeness (QED) is 0.787. The molecule has 0 amide bonds. The molecule has 2 saturated heterocycles. The average Bonchev–Trinajstić information content (AvgIpc) is 3.33. The van der Waals surface area contributed by atoms with Crippen LogP contribution in [0.3, 0.4) is 0 Å². The summed E-state index contributed by atoms with van der Waals surface area (Å²) in [7, 11) is -2.94. The lowest BCUT2D eigenvalue weighted by atomic mass is 10.2. The smallest absolute Gasteiger partial charge is 0.163 e. The number of anilines is 2. The molecule has 1 aromatic heterocycles. The summed E-state index contributed by atoms with van der Waals surface area (Å²) in [6.45, 7) is 4.80. The zero-order chi connectivity index (χ0) is 18.9. The first-order chi connectivity index (χ1) is 13.1. The molecule has 27 heavy (non-hydrogen) atoms. The molecular formula is C20H26N4O2S. The molecule has 0 N–H and O–H groups in total. The summed E-state index contributed by atoms with van der Waals surface area (Å²) in [4.78, 5) is 14.1. The molecule has 1 aromatic carbocycles. The van der Waals surface area contributed by atoms with Gasteiger partial charge in [-0.1, -0.05) is 30.3 Å². The van der Waals surface area contributed by atoms with Gasteiger partial charge in [0.2, 0.25) is 0 Å². The van der Waals surface area contributed by atoms with E-state index in [0.717, 1.165) is 36.8 Å². The molecule has 4 rings (SSSR count). The summed E-state index contributed by atoms with van der Waals surface area (Å²) in [5.41, 5.74) is 0.981. The summed E-state index contributed by atoms with van der Waals surface area (Å²) in [6.07, 6.45) is 3.02. The van der Waals surface area contributed by atoms with Gasteiger partial charge in [0.05, 0.1) is 11.5 Å². The zero-order valence-corrected chi connectivity index (χ0v) is 16.5. The Morgan fingerprint density at radius 2 is 1.89 bits per heavy atom. The highest BCUT2D eigenvalue weighted by atomic mass is 32.2. The molecule has 0 bridgehead atoms. The summed E-state index contributed by atoms with van der Waals surface area (Å²) in [6, 6.07) is 12.0. The van der Waals surface area contributed by atoms with Gasteiger partial charge in [-0.25, -0.2) is 18.4 Å². The van der Waals surface area contributed by atoms with Crippen LogP contribution in [0.2, 0.25) is 0 Å². The Labute approximate surface area is 161 Å². The summed E-state index contributed by atoms with van der Waals surface area (Å²) >= 11 is 0. The Balaban J connectivity index is 1.75. The number of aromatic nitrogens is 2. The molecule has 0 aliphatic carbocycles. The third kappa shape index (κ3) is 3.93. The van der Waals surface area contributed by atoms with Gasteiger partial charge < -0.3 is 9.80 Å². The van der Waals surface area contributed by atoms with Gasteiger partial charge in [0.25, 0.3) is 0 Å². The largest absolute Gasteiger partial charge is 0.356 e. The normalized spacial score (nSPS) is 21.5. The second-order valence-corrected chi connectivity index (χ2v) is 9.54. The third-order valence-corrected chi connectivity index (χ3v) is 7.20. The lowest BCUT2D eigenvalue weighted by molar-refractivity contribution is 0.599. The summed E-state index contributed by atoms with van der Waals surface area (Å²) in [5, 5.41) is 0. The SMILES string of the molecule is CCN(c1cc(N2CCCC2)nc(-c2ccccc2)n1)C1CCS(=O)(=O)C1. The van der Waals surface area contributed by atoms with Crippen molar-refractivity contribution in [2.75, 3.05) is 40.9 Å². The van der Waals surface area contributed by atoms with Crippen molar-refractivity contribution in [3.8, 4) is 11.4 Å². The van der Waals surface area contributed by atoms with Gasteiger partial charge in [-0.3, -0.25) is 0 Å². The Morgan fingerprint density at radius 3 is 2.52 bits per heavy atom. The first-order valence-electron chi connectivity index (χ1n) is 9.72. The molecule has 6 nitrogen and oxygen atoms in total. The van der Waals surface area contributed by atoms with E-state index < -0.39 is 9.84 Å². The third-order valence-electron chi connectivity index (χ3n) is 5.45. The van der Waals surface area contributed by atoms with Gasteiger partial charge in [-0.2, -0.15) is 0 Å². The minimum atomic E-state index is -2.94. The molecule has 144 valence electrons. The molecule has 1 unspecified atom stereocenters. The van der Waals surface area contributed by atoms with Crippen LogP contribution in [0.1, 0.15) is 26.2 Å². The minimum absolute atomic E-state index is 0.00930. The topological polar surface area (TPSA) is 66.4 Å². The minimum Gasteiger partial charge on any atom is -0.356 e. The molecular weight excluding hydrogens is 360 g/mol. The van der Waals surface area contributed by atoms with Crippen LogP contribution in [0.4, 0.5) is 11.6 Å². The van der Waals surface area contributed by atoms with Gasteiger partial charge >= 0.3 is 0 Å². The lowest BCUT2D eigenvalue weighted by Gasteiger charge is -2.29. The highest BCUT2D eigenvalue weighted by Gasteiger charge is 2.33. The fourth-order valence-electron chi connectivity index (χ4n) is 4.02. The second kappa shape index (κ2) is 7.46. The number of benzene rings is 1. The van der Waals surface area contributed by atoms with E-state index >= 15 is 0 Å². The van der Waals surface area contributed by atoms with Crippen LogP contribution in [0.15, 0.2) is 36.4 Å². The van der Waals surface area contributed by atoms with Gasteiger partial charge in [0.15, 0.2) is 15.7 Å². The van der Waals surface area contributed by atoms with E-state index in [2.05, 4.69) is 16.7 Å². The van der Waals surface area contributed by atoms with E-state index in [1.54, 1.807) is 0 Å². The maximum absolute atomic E-state index is 12.0. The van der Waals surface area contributed by atoms with Crippen LogP contribution < -0.4 is 9.80 Å². The van der Waals surface area contributed by atoms with E-state index in [-0.39, 0.29) is 17.5 Å². The van der Waals surface area contributed by atoms with E-state index in [1.807, 2.05) is 36.4 Å². The predicted octanol–water partition coefficient (Wildman–Crippen LogP) is 2.76. The maximum atomic E-state index is 12.0. The molecule has 0 radical (unpaired) electrons. The van der Waals surface area contributed by atoms with Crippen molar-refractivity contribution in [1.82, 2.24) is 9.97 Å².